The Morgan fingerprint density at radius 2 is 1.56 bits per heavy atom. The summed E-state index contributed by atoms with van der Waals surface area (Å²) in [6, 6.07) is 17.7. The summed E-state index contributed by atoms with van der Waals surface area (Å²) in [5, 5.41) is 2.78. The summed E-state index contributed by atoms with van der Waals surface area (Å²) in [6.07, 6.45) is 0. The number of carbonyl (C=O) groups excluding carboxylic acids is 1. The minimum absolute atomic E-state index is 0.0693. The van der Waals surface area contributed by atoms with Crippen LogP contribution in [0.5, 0.6) is 5.75 Å². The van der Waals surface area contributed by atoms with Gasteiger partial charge in [0.05, 0.1) is 17.1 Å². The molecule has 0 unspecified atom stereocenters. The first-order valence-corrected chi connectivity index (χ1v) is 11.8. The number of aryl methyl sites for hydroxylation is 4. The molecule has 0 aliphatic rings. The van der Waals surface area contributed by atoms with Gasteiger partial charge in [-0.25, -0.2) is 8.42 Å². The molecule has 0 saturated carbocycles. The number of hydrogen-bond acceptors (Lipinski definition) is 4. The van der Waals surface area contributed by atoms with Gasteiger partial charge in [-0.15, -0.1) is 0 Å². The number of para-hydroxylation sites is 1. The number of hydrogen-bond donors (Lipinski definition) is 2. The molecule has 0 spiro atoms. The fourth-order valence-electron chi connectivity index (χ4n) is 3.37. The van der Waals surface area contributed by atoms with E-state index in [0.717, 1.165) is 22.4 Å². The molecule has 0 bridgehead atoms. The van der Waals surface area contributed by atoms with Gasteiger partial charge in [0.2, 0.25) is 0 Å². The van der Waals surface area contributed by atoms with Crippen LogP contribution >= 0.6 is 0 Å². The van der Waals surface area contributed by atoms with Crippen molar-refractivity contribution in [1.29, 1.82) is 0 Å². The summed E-state index contributed by atoms with van der Waals surface area (Å²) in [6.45, 7) is 8.13. The number of anilines is 1. The number of amides is 1. The van der Waals surface area contributed by atoms with Crippen molar-refractivity contribution in [2.45, 2.75) is 32.6 Å². The Morgan fingerprint density at radius 3 is 2.25 bits per heavy atom. The maximum absolute atomic E-state index is 13.0. The summed E-state index contributed by atoms with van der Waals surface area (Å²) >= 11 is 0. The molecule has 0 aliphatic carbocycles. The van der Waals surface area contributed by atoms with Crippen molar-refractivity contribution in [3.8, 4) is 5.75 Å². The molecule has 0 heterocycles. The summed E-state index contributed by atoms with van der Waals surface area (Å²) < 4.78 is 34.2. The Balaban J connectivity index is 1.66. The van der Waals surface area contributed by atoms with E-state index in [-0.39, 0.29) is 16.4 Å². The fourth-order valence-corrected chi connectivity index (χ4v) is 4.77. The van der Waals surface area contributed by atoms with Gasteiger partial charge >= 0.3 is 0 Å². The van der Waals surface area contributed by atoms with Gasteiger partial charge in [0.1, 0.15) is 12.4 Å². The van der Waals surface area contributed by atoms with Gasteiger partial charge in [0.25, 0.3) is 15.9 Å². The van der Waals surface area contributed by atoms with Gasteiger partial charge in [0.15, 0.2) is 0 Å². The molecular formula is C25H28N2O4S. The van der Waals surface area contributed by atoms with E-state index in [4.69, 9.17) is 4.74 Å². The van der Waals surface area contributed by atoms with E-state index in [2.05, 4.69) is 16.1 Å². The molecule has 0 atom stereocenters. The summed E-state index contributed by atoms with van der Waals surface area (Å²) in [5.41, 5.74) is 4.36. The maximum Gasteiger partial charge on any atom is 0.262 e. The predicted octanol–water partition coefficient (Wildman–Crippen LogP) is 4.53. The SMILES string of the molecule is Cc1cc(C)cc(OCCNC(=O)c2ccc(C)c(S(=O)(=O)Nc3ccccc3C)c2)c1. The number of sulfonamides is 1. The average Bonchev–Trinajstić information content (AvgIpc) is 2.72. The predicted molar refractivity (Wildman–Crippen MR) is 127 cm³/mol. The molecule has 1 amide bonds. The van der Waals surface area contributed by atoms with Crippen LogP contribution in [0.25, 0.3) is 0 Å². The van der Waals surface area contributed by atoms with Crippen molar-refractivity contribution in [3.63, 3.8) is 0 Å². The van der Waals surface area contributed by atoms with Gasteiger partial charge in [-0.2, -0.15) is 0 Å². The van der Waals surface area contributed by atoms with E-state index >= 15 is 0 Å². The lowest BCUT2D eigenvalue weighted by Gasteiger charge is -2.14. The summed E-state index contributed by atoms with van der Waals surface area (Å²) in [7, 11) is -3.85. The molecule has 0 aromatic heterocycles. The van der Waals surface area contributed by atoms with Gasteiger partial charge < -0.3 is 10.1 Å². The summed E-state index contributed by atoms with van der Waals surface area (Å²) in [4.78, 5) is 12.7. The summed E-state index contributed by atoms with van der Waals surface area (Å²) in [5.74, 6) is 0.393. The van der Waals surface area contributed by atoms with Crippen LogP contribution in [-0.2, 0) is 10.0 Å². The molecule has 3 aromatic carbocycles. The minimum Gasteiger partial charge on any atom is -0.492 e. The molecule has 3 aromatic rings. The standard InChI is InChI=1S/C25H28N2O4S/c1-17-13-18(2)15-22(14-17)31-12-11-26-25(28)21-10-9-20(4)24(16-21)32(29,30)27-23-8-6-5-7-19(23)3/h5-10,13-16,27H,11-12H2,1-4H3,(H,26,28). The molecule has 0 radical (unpaired) electrons. The zero-order chi connectivity index (χ0) is 23.3. The number of benzene rings is 3. The Morgan fingerprint density at radius 1 is 0.875 bits per heavy atom. The topological polar surface area (TPSA) is 84.5 Å². The van der Waals surface area contributed by atoms with E-state index in [1.165, 1.54) is 6.07 Å². The Kier molecular flexibility index (Phi) is 7.20. The van der Waals surface area contributed by atoms with Crippen LogP contribution < -0.4 is 14.8 Å². The van der Waals surface area contributed by atoms with Crippen LogP contribution in [0, 0.1) is 27.7 Å². The first-order valence-electron chi connectivity index (χ1n) is 10.3. The van der Waals surface area contributed by atoms with Crippen molar-refractivity contribution in [2.75, 3.05) is 17.9 Å². The van der Waals surface area contributed by atoms with Crippen molar-refractivity contribution < 1.29 is 17.9 Å². The van der Waals surface area contributed by atoms with Gasteiger partial charge in [-0.3, -0.25) is 9.52 Å². The molecule has 0 fully saturated rings. The largest absolute Gasteiger partial charge is 0.492 e. The minimum atomic E-state index is -3.85. The zero-order valence-corrected chi connectivity index (χ0v) is 19.5. The smallest absolute Gasteiger partial charge is 0.262 e. The normalized spacial score (nSPS) is 11.1. The highest BCUT2D eigenvalue weighted by molar-refractivity contribution is 7.92. The fraction of sp³-hybridized carbons (Fsp3) is 0.240. The van der Waals surface area contributed by atoms with Gasteiger partial charge in [-0.1, -0.05) is 30.3 Å². The van der Waals surface area contributed by atoms with Crippen molar-refractivity contribution in [1.82, 2.24) is 5.32 Å². The number of ether oxygens (including phenoxy) is 1. The lowest BCUT2D eigenvalue weighted by atomic mass is 10.1. The molecule has 168 valence electrons. The van der Waals surface area contributed by atoms with E-state index < -0.39 is 10.0 Å². The average molecular weight is 453 g/mol. The van der Waals surface area contributed by atoms with Crippen LogP contribution in [0.3, 0.4) is 0 Å². The van der Waals surface area contributed by atoms with Crippen LogP contribution in [0.15, 0.2) is 65.6 Å². The highest BCUT2D eigenvalue weighted by Crippen LogP contribution is 2.23. The maximum atomic E-state index is 13.0. The number of carbonyl (C=O) groups is 1. The quantitative estimate of drug-likeness (QED) is 0.492. The second-order valence-corrected chi connectivity index (χ2v) is 9.48. The molecule has 6 nitrogen and oxygen atoms in total. The third-order valence-corrected chi connectivity index (χ3v) is 6.49. The number of rotatable bonds is 8. The molecule has 2 N–H and O–H groups in total. The van der Waals surface area contributed by atoms with E-state index in [9.17, 15) is 13.2 Å². The van der Waals surface area contributed by atoms with Gasteiger partial charge in [0, 0.05) is 5.56 Å². The molecule has 3 rings (SSSR count). The van der Waals surface area contributed by atoms with Crippen LogP contribution in [-0.4, -0.2) is 27.5 Å². The zero-order valence-electron chi connectivity index (χ0n) is 18.7. The van der Waals surface area contributed by atoms with E-state index in [1.54, 1.807) is 31.2 Å². The molecule has 0 aliphatic heterocycles. The van der Waals surface area contributed by atoms with Crippen molar-refractivity contribution in [3.05, 3.63) is 88.5 Å². The Hall–Kier alpha value is -3.32. The van der Waals surface area contributed by atoms with Gasteiger partial charge in [-0.05, 0) is 80.3 Å². The monoisotopic (exact) mass is 452 g/mol. The van der Waals surface area contributed by atoms with Crippen molar-refractivity contribution in [2.24, 2.45) is 0 Å². The highest BCUT2D eigenvalue weighted by atomic mass is 32.2. The van der Waals surface area contributed by atoms with Crippen LogP contribution in [0.1, 0.15) is 32.6 Å². The Bertz CT molecular complexity index is 1220. The lowest BCUT2D eigenvalue weighted by Crippen LogP contribution is -2.28. The second-order valence-electron chi connectivity index (χ2n) is 7.83. The first-order chi connectivity index (χ1) is 15.2. The Labute approximate surface area is 189 Å². The molecule has 7 heteroatoms. The molecular weight excluding hydrogens is 424 g/mol. The third kappa shape index (κ3) is 5.88. The van der Waals surface area contributed by atoms with Crippen molar-refractivity contribution >= 4 is 21.6 Å². The molecule has 32 heavy (non-hydrogen) atoms. The van der Waals surface area contributed by atoms with E-state index in [0.29, 0.717) is 24.4 Å². The lowest BCUT2D eigenvalue weighted by molar-refractivity contribution is 0.0946. The third-order valence-electron chi connectivity index (χ3n) is 4.98. The van der Waals surface area contributed by atoms with Crippen LogP contribution in [0.2, 0.25) is 0 Å². The highest BCUT2D eigenvalue weighted by Gasteiger charge is 2.20. The molecule has 0 saturated heterocycles. The second kappa shape index (κ2) is 9.87. The van der Waals surface area contributed by atoms with E-state index in [1.807, 2.05) is 45.0 Å². The first kappa shape index (κ1) is 23.3. The number of nitrogens with one attached hydrogen (secondary N) is 2. The van der Waals surface area contributed by atoms with Crippen LogP contribution in [0.4, 0.5) is 5.69 Å².